The summed E-state index contributed by atoms with van der Waals surface area (Å²) < 4.78 is 19.0. The highest BCUT2D eigenvalue weighted by atomic mass is 32.2. The Balaban J connectivity index is 1.52. The van der Waals surface area contributed by atoms with E-state index in [9.17, 15) is 9.18 Å². The molecular weight excluding hydrogens is 375 g/mol. The van der Waals surface area contributed by atoms with Crippen LogP contribution in [0.1, 0.15) is 21.5 Å². The minimum absolute atomic E-state index is 0.233. The molecule has 0 saturated heterocycles. The molecule has 4 rings (SSSR count). The lowest BCUT2D eigenvalue weighted by molar-refractivity contribution is 0.102. The lowest BCUT2D eigenvalue weighted by Crippen LogP contribution is -2.14. The topological polar surface area (TPSA) is 55.1 Å². The Morgan fingerprint density at radius 1 is 1.11 bits per heavy atom. The Kier molecular flexibility index (Phi) is 5.12. The summed E-state index contributed by atoms with van der Waals surface area (Å²) in [5.41, 5.74) is 4.24. The van der Waals surface area contributed by atoms with Gasteiger partial charge in [-0.15, -0.1) is 0 Å². The van der Waals surface area contributed by atoms with Gasteiger partial charge in [0.1, 0.15) is 11.3 Å². The van der Waals surface area contributed by atoms with Gasteiger partial charge in [-0.05, 0) is 54.4 Å². The van der Waals surface area contributed by atoms with Crippen molar-refractivity contribution in [1.29, 1.82) is 0 Å². The number of benzene rings is 3. The van der Waals surface area contributed by atoms with Crippen LogP contribution in [0.4, 0.5) is 10.1 Å². The smallest absolute Gasteiger partial charge is 0.257 e. The number of nitrogens with zero attached hydrogens (tertiary/aromatic N) is 1. The van der Waals surface area contributed by atoms with E-state index in [2.05, 4.69) is 10.3 Å². The molecule has 0 aliphatic carbocycles. The van der Waals surface area contributed by atoms with E-state index in [0.717, 1.165) is 16.7 Å². The van der Waals surface area contributed by atoms with Crippen LogP contribution in [0.25, 0.3) is 11.1 Å². The number of aryl methyl sites for hydroxylation is 1. The maximum Gasteiger partial charge on any atom is 0.257 e. The molecule has 4 aromatic rings. The Morgan fingerprint density at radius 2 is 1.89 bits per heavy atom. The number of nitrogens with one attached hydrogen (secondary N) is 1. The molecule has 0 aliphatic heterocycles. The van der Waals surface area contributed by atoms with Gasteiger partial charge in [0.2, 0.25) is 0 Å². The fourth-order valence-electron chi connectivity index (χ4n) is 2.88. The van der Waals surface area contributed by atoms with Gasteiger partial charge in [-0.2, -0.15) is 0 Å². The number of oxazole rings is 1. The third kappa shape index (κ3) is 3.92. The molecular formula is C22H17FN2O2S. The number of carbonyl (C=O) groups excluding carboxylic acids is 1. The van der Waals surface area contributed by atoms with Crippen LogP contribution in [0.15, 0.2) is 76.4 Å². The van der Waals surface area contributed by atoms with Crippen LogP contribution < -0.4 is 5.32 Å². The summed E-state index contributed by atoms with van der Waals surface area (Å²) in [6.07, 6.45) is 0. The highest BCUT2D eigenvalue weighted by Gasteiger charge is 2.14. The van der Waals surface area contributed by atoms with Gasteiger partial charge in [-0.3, -0.25) is 4.79 Å². The average Bonchev–Trinajstić information content (AvgIpc) is 3.12. The second-order valence-electron chi connectivity index (χ2n) is 6.31. The first-order chi connectivity index (χ1) is 13.6. The summed E-state index contributed by atoms with van der Waals surface area (Å²) >= 11 is 1.43. The van der Waals surface area contributed by atoms with Crippen molar-refractivity contribution in [2.45, 2.75) is 17.9 Å². The van der Waals surface area contributed by atoms with Crippen molar-refractivity contribution in [1.82, 2.24) is 4.98 Å². The average molecular weight is 392 g/mol. The zero-order valence-corrected chi connectivity index (χ0v) is 15.9. The lowest BCUT2D eigenvalue weighted by atomic mass is 10.1. The molecule has 1 amide bonds. The van der Waals surface area contributed by atoms with Gasteiger partial charge in [-0.1, -0.05) is 42.1 Å². The minimum Gasteiger partial charge on any atom is -0.431 e. The molecule has 4 nitrogen and oxygen atoms in total. The molecule has 0 bridgehead atoms. The van der Waals surface area contributed by atoms with Crippen LogP contribution in [-0.2, 0) is 5.75 Å². The van der Waals surface area contributed by atoms with Gasteiger partial charge in [0.05, 0.1) is 0 Å². The Bertz CT molecular complexity index is 1120. The predicted molar refractivity (Wildman–Crippen MR) is 109 cm³/mol. The third-order valence-electron chi connectivity index (χ3n) is 4.32. The number of anilines is 1. The fourth-order valence-corrected chi connectivity index (χ4v) is 3.72. The molecule has 0 aliphatic rings. The Labute approximate surface area is 165 Å². The van der Waals surface area contributed by atoms with Gasteiger partial charge in [-0.25, -0.2) is 9.37 Å². The number of halogens is 1. The van der Waals surface area contributed by atoms with Gasteiger partial charge >= 0.3 is 0 Å². The SMILES string of the molecule is Cc1cc(F)ccc1NC(=O)c1ccccc1CSc1nc2ccccc2o1. The predicted octanol–water partition coefficient (Wildman–Crippen LogP) is 5.82. The van der Waals surface area contributed by atoms with E-state index >= 15 is 0 Å². The normalized spacial score (nSPS) is 10.9. The van der Waals surface area contributed by atoms with Crippen LogP contribution >= 0.6 is 11.8 Å². The highest BCUT2D eigenvalue weighted by Crippen LogP contribution is 2.27. The van der Waals surface area contributed by atoms with Crippen molar-refractivity contribution in [2.24, 2.45) is 0 Å². The number of hydrogen-bond donors (Lipinski definition) is 1. The second-order valence-corrected chi connectivity index (χ2v) is 7.23. The molecule has 1 heterocycles. The standard InChI is InChI=1S/C22H17FN2O2S/c1-14-12-16(23)10-11-18(14)24-21(26)17-7-3-2-6-15(17)13-28-22-25-19-8-4-5-9-20(19)27-22/h2-12H,13H2,1H3,(H,24,26). The first kappa shape index (κ1) is 18.3. The number of carbonyl (C=O) groups is 1. The van der Waals surface area contributed by atoms with E-state index in [0.29, 0.717) is 27.8 Å². The van der Waals surface area contributed by atoms with E-state index in [-0.39, 0.29) is 11.7 Å². The molecule has 0 unspecified atom stereocenters. The number of para-hydroxylation sites is 2. The minimum atomic E-state index is -0.328. The maximum atomic E-state index is 13.3. The lowest BCUT2D eigenvalue weighted by Gasteiger charge is -2.11. The molecule has 6 heteroatoms. The molecule has 3 aromatic carbocycles. The quantitative estimate of drug-likeness (QED) is 0.435. The Morgan fingerprint density at radius 3 is 2.71 bits per heavy atom. The van der Waals surface area contributed by atoms with Crippen LogP contribution in [-0.4, -0.2) is 10.9 Å². The first-order valence-corrected chi connectivity index (χ1v) is 9.72. The largest absolute Gasteiger partial charge is 0.431 e. The van der Waals surface area contributed by atoms with E-state index in [1.165, 1.54) is 23.9 Å². The van der Waals surface area contributed by atoms with Crippen molar-refractivity contribution in [3.8, 4) is 0 Å². The van der Waals surface area contributed by atoms with E-state index in [4.69, 9.17) is 4.42 Å². The number of hydrogen-bond acceptors (Lipinski definition) is 4. The molecule has 1 N–H and O–H groups in total. The molecule has 1 aromatic heterocycles. The van der Waals surface area contributed by atoms with Gasteiger partial charge < -0.3 is 9.73 Å². The first-order valence-electron chi connectivity index (χ1n) is 8.74. The third-order valence-corrected chi connectivity index (χ3v) is 5.20. The van der Waals surface area contributed by atoms with Gasteiger partial charge in [0, 0.05) is 17.0 Å². The summed E-state index contributed by atoms with van der Waals surface area (Å²) in [6.45, 7) is 1.76. The summed E-state index contributed by atoms with van der Waals surface area (Å²) in [6, 6.07) is 19.3. The van der Waals surface area contributed by atoms with Crippen LogP contribution in [0.2, 0.25) is 0 Å². The van der Waals surface area contributed by atoms with E-state index < -0.39 is 0 Å². The number of aromatic nitrogens is 1. The van der Waals surface area contributed by atoms with Crippen molar-refractivity contribution in [3.63, 3.8) is 0 Å². The number of rotatable bonds is 5. The molecule has 0 fully saturated rings. The van der Waals surface area contributed by atoms with Crippen molar-refractivity contribution in [3.05, 3.63) is 89.2 Å². The van der Waals surface area contributed by atoms with Gasteiger partial charge in [0.15, 0.2) is 5.58 Å². The summed E-state index contributed by atoms with van der Waals surface area (Å²) in [5.74, 6) is -0.0205. The fraction of sp³-hybridized carbons (Fsp3) is 0.0909. The van der Waals surface area contributed by atoms with Crippen molar-refractivity contribution >= 4 is 34.5 Å². The maximum absolute atomic E-state index is 13.3. The van der Waals surface area contributed by atoms with E-state index in [1.54, 1.807) is 19.1 Å². The zero-order valence-electron chi connectivity index (χ0n) is 15.1. The molecule has 28 heavy (non-hydrogen) atoms. The van der Waals surface area contributed by atoms with Crippen LogP contribution in [0.5, 0.6) is 0 Å². The monoisotopic (exact) mass is 392 g/mol. The summed E-state index contributed by atoms with van der Waals surface area (Å²) in [7, 11) is 0. The van der Waals surface area contributed by atoms with Crippen LogP contribution in [0, 0.1) is 12.7 Å². The molecule has 0 spiro atoms. The van der Waals surface area contributed by atoms with Crippen molar-refractivity contribution < 1.29 is 13.6 Å². The molecule has 0 radical (unpaired) electrons. The van der Waals surface area contributed by atoms with Gasteiger partial charge in [0.25, 0.3) is 11.1 Å². The molecule has 0 atom stereocenters. The zero-order chi connectivity index (χ0) is 19.5. The number of thioether (sulfide) groups is 1. The second kappa shape index (κ2) is 7.86. The van der Waals surface area contributed by atoms with Crippen molar-refractivity contribution in [2.75, 3.05) is 5.32 Å². The highest BCUT2D eigenvalue weighted by molar-refractivity contribution is 7.98. The van der Waals surface area contributed by atoms with Crippen LogP contribution in [0.3, 0.4) is 0 Å². The van der Waals surface area contributed by atoms with E-state index in [1.807, 2.05) is 42.5 Å². The number of fused-ring (bicyclic) bond motifs is 1. The summed E-state index contributed by atoms with van der Waals surface area (Å²) in [5, 5.41) is 3.42. The molecule has 0 saturated carbocycles. The Hall–Kier alpha value is -3.12. The summed E-state index contributed by atoms with van der Waals surface area (Å²) in [4.78, 5) is 17.2. The molecule has 140 valence electrons. The number of amides is 1.